The zero-order valence-electron chi connectivity index (χ0n) is 12.2. The number of ether oxygens (including phenoxy) is 1. The molecule has 1 fully saturated rings. The van der Waals surface area contributed by atoms with Gasteiger partial charge in [0.2, 0.25) is 5.91 Å². The maximum absolute atomic E-state index is 11.6. The van der Waals surface area contributed by atoms with E-state index in [1.165, 1.54) is 19.3 Å². The molecule has 112 valence electrons. The number of likely N-dealkylation sites (tertiary alicyclic amines) is 1. The van der Waals surface area contributed by atoms with Crippen molar-refractivity contribution in [3.63, 3.8) is 0 Å². The number of carbonyl (C=O) groups excluding carboxylic acids is 1. The highest BCUT2D eigenvalue weighted by Crippen LogP contribution is 2.08. The number of rotatable bonds is 10. The van der Waals surface area contributed by atoms with Crippen LogP contribution in [0.25, 0.3) is 0 Å². The second-order valence-electron chi connectivity index (χ2n) is 5.30. The Labute approximate surface area is 116 Å². The van der Waals surface area contributed by atoms with E-state index in [0.29, 0.717) is 19.8 Å². The molecular formula is C14H28N2O3. The number of hydrogen-bond acceptors (Lipinski definition) is 4. The van der Waals surface area contributed by atoms with E-state index in [4.69, 9.17) is 4.74 Å². The molecule has 0 bridgehead atoms. The van der Waals surface area contributed by atoms with Gasteiger partial charge in [0.1, 0.15) is 0 Å². The van der Waals surface area contributed by atoms with Crippen LogP contribution in [-0.2, 0) is 9.53 Å². The highest BCUT2D eigenvalue weighted by Gasteiger charge is 2.28. The lowest BCUT2D eigenvalue weighted by atomic mass is 10.2. The second-order valence-corrected chi connectivity index (χ2v) is 5.30. The first-order valence-corrected chi connectivity index (χ1v) is 7.39. The van der Waals surface area contributed by atoms with Crippen LogP contribution < -0.4 is 5.32 Å². The van der Waals surface area contributed by atoms with Crippen LogP contribution in [0.5, 0.6) is 0 Å². The zero-order valence-corrected chi connectivity index (χ0v) is 12.2. The SMILES string of the molecule is CCCCCCOCC(O)CNC1CCN(C)C1=O. The van der Waals surface area contributed by atoms with Crippen molar-refractivity contribution < 1.29 is 14.6 Å². The van der Waals surface area contributed by atoms with Gasteiger partial charge in [-0.1, -0.05) is 26.2 Å². The van der Waals surface area contributed by atoms with E-state index in [1.807, 2.05) is 0 Å². The summed E-state index contributed by atoms with van der Waals surface area (Å²) in [5, 5.41) is 12.9. The van der Waals surface area contributed by atoms with Crippen molar-refractivity contribution in [1.29, 1.82) is 0 Å². The fraction of sp³-hybridized carbons (Fsp3) is 0.929. The molecule has 1 amide bonds. The minimum atomic E-state index is -0.537. The third kappa shape index (κ3) is 6.36. The molecule has 0 aromatic heterocycles. The minimum absolute atomic E-state index is 0.118. The van der Waals surface area contributed by atoms with E-state index < -0.39 is 6.10 Å². The molecular weight excluding hydrogens is 244 g/mol. The lowest BCUT2D eigenvalue weighted by Crippen LogP contribution is -2.41. The van der Waals surface area contributed by atoms with E-state index in [2.05, 4.69) is 12.2 Å². The van der Waals surface area contributed by atoms with Gasteiger partial charge in [0.05, 0.1) is 18.8 Å². The number of nitrogens with zero attached hydrogens (tertiary/aromatic N) is 1. The van der Waals surface area contributed by atoms with Gasteiger partial charge in [-0.15, -0.1) is 0 Å². The summed E-state index contributed by atoms with van der Waals surface area (Å²) >= 11 is 0. The molecule has 2 N–H and O–H groups in total. The first kappa shape index (κ1) is 16.4. The molecule has 0 aromatic carbocycles. The second kappa shape index (κ2) is 9.28. The van der Waals surface area contributed by atoms with Gasteiger partial charge in [0.15, 0.2) is 0 Å². The van der Waals surface area contributed by atoms with E-state index >= 15 is 0 Å². The summed E-state index contributed by atoms with van der Waals surface area (Å²) < 4.78 is 5.42. The summed E-state index contributed by atoms with van der Waals surface area (Å²) in [6.07, 6.45) is 4.99. The number of nitrogens with one attached hydrogen (secondary N) is 1. The van der Waals surface area contributed by atoms with Crippen LogP contribution in [0, 0.1) is 0 Å². The van der Waals surface area contributed by atoms with Crippen LogP contribution >= 0.6 is 0 Å². The fourth-order valence-corrected chi connectivity index (χ4v) is 2.20. The third-order valence-electron chi connectivity index (χ3n) is 3.48. The smallest absolute Gasteiger partial charge is 0.239 e. The van der Waals surface area contributed by atoms with Crippen molar-refractivity contribution in [2.45, 2.75) is 51.2 Å². The molecule has 1 saturated heterocycles. The number of amides is 1. The predicted octanol–water partition coefficient (Wildman–Crippen LogP) is 0.765. The van der Waals surface area contributed by atoms with Crippen LogP contribution in [0.3, 0.4) is 0 Å². The number of carbonyl (C=O) groups is 1. The van der Waals surface area contributed by atoms with E-state index in [0.717, 1.165) is 19.4 Å². The van der Waals surface area contributed by atoms with Gasteiger partial charge in [-0.25, -0.2) is 0 Å². The van der Waals surface area contributed by atoms with E-state index in [-0.39, 0.29) is 11.9 Å². The summed E-state index contributed by atoms with van der Waals surface area (Å²) in [6, 6.07) is -0.135. The monoisotopic (exact) mass is 272 g/mol. The maximum Gasteiger partial charge on any atom is 0.239 e. The largest absolute Gasteiger partial charge is 0.389 e. The third-order valence-corrected chi connectivity index (χ3v) is 3.48. The highest BCUT2D eigenvalue weighted by atomic mass is 16.5. The molecule has 5 heteroatoms. The standard InChI is InChI=1S/C14H28N2O3/c1-3-4-5-6-9-19-11-12(17)10-15-13-7-8-16(2)14(13)18/h12-13,15,17H,3-11H2,1-2H3. The number of aliphatic hydroxyl groups is 1. The Bertz CT molecular complexity index is 261. The molecule has 0 spiro atoms. The Morgan fingerprint density at radius 2 is 2.26 bits per heavy atom. The number of aliphatic hydroxyl groups excluding tert-OH is 1. The van der Waals surface area contributed by atoms with Gasteiger partial charge < -0.3 is 20.1 Å². The first-order valence-electron chi connectivity index (χ1n) is 7.39. The van der Waals surface area contributed by atoms with Crippen LogP contribution in [0.4, 0.5) is 0 Å². The topological polar surface area (TPSA) is 61.8 Å². The molecule has 1 aliphatic heterocycles. The molecule has 0 aliphatic carbocycles. The Morgan fingerprint density at radius 3 is 2.89 bits per heavy atom. The Kier molecular flexibility index (Phi) is 8.02. The fourth-order valence-electron chi connectivity index (χ4n) is 2.20. The van der Waals surface area contributed by atoms with Crippen LogP contribution in [0.2, 0.25) is 0 Å². The van der Waals surface area contributed by atoms with Gasteiger partial charge in [-0.05, 0) is 12.8 Å². The van der Waals surface area contributed by atoms with Crippen LogP contribution in [0.1, 0.15) is 39.0 Å². The number of unbranched alkanes of at least 4 members (excludes halogenated alkanes) is 3. The quantitative estimate of drug-likeness (QED) is 0.577. The molecule has 1 heterocycles. The van der Waals surface area contributed by atoms with Crippen molar-refractivity contribution in [1.82, 2.24) is 10.2 Å². The van der Waals surface area contributed by atoms with Gasteiger partial charge >= 0.3 is 0 Å². The molecule has 5 nitrogen and oxygen atoms in total. The Hall–Kier alpha value is -0.650. The summed E-state index contributed by atoms with van der Waals surface area (Å²) in [5.41, 5.74) is 0. The van der Waals surface area contributed by atoms with Gasteiger partial charge in [-0.3, -0.25) is 4.79 Å². The summed E-state index contributed by atoms with van der Waals surface area (Å²) in [5.74, 6) is 0.118. The van der Waals surface area contributed by atoms with Gasteiger partial charge in [0, 0.05) is 26.7 Å². The highest BCUT2D eigenvalue weighted by molar-refractivity contribution is 5.83. The average molecular weight is 272 g/mol. The Balaban J connectivity index is 1.99. The minimum Gasteiger partial charge on any atom is -0.389 e. The van der Waals surface area contributed by atoms with Crippen LogP contribution in [0.15, 0.2) is 0 Å². The Morgan fingerprint density at radius 1 is 1.47 bits per heavy atom. The number of hydrogen-bond donors (Lipinski definition) is 2. The molecule has 0 radical (unpaired) electrons. The molecule has 0 saturated carbocycles. The van der Waals surface area contributed by atoms with Gasteiger partial charge in [-0.2, -0.15) is 0 Å². The molecule has 19 heavy (non-hydrogen) atoms. The summed E-state index contributed by atoms with van der Waals surface area (Å²) in [4.78, 5) is 13.3. The van der Waals surface area contributed by atoms with Crippen molar-refractivity contribution in [3.05, 3.63) is 0 Å². The van der Waals surface area contributed by atoms with E-state index in [1.54, 1.807) is 11.9 Å². The lowest BCUT2D eigenvalue weighted by Gasteiger charge is -2.16. The van der Waals surface area contributed by atoms with Crippen molar-refractivity contribution >= 4 is 5.91 Å². The molecule has 1 rings (SSSR count). The van der Waals surface area contributed by atoms with Crippen molar-refractivity contribution in [3.8, 4) is 0 Å². The lowest BCUT2D eigenvalue weighted by molar-refractivity contribution is -0.128. The molecule has 1 aliphatic rings. The summed E-state index contributed by atoms with van der Waals surface area (Å²) in [7, 11) is 1.81. The molecule has 2 unspecified atom stereocenters. The maximum atomic E-state index is 11.6. The predicted molar refractivity (Wildman–Crippen MR) is 75.0 cm³/mol. The number of likely N-dealkylation sites (N-methyl/N-ethyl adjacent to an activating group) is 1. The first-order chi connectivity index (χ1) is 9.15. The molecule has 0 aromatic rings. The van der Waals surface area contributed by atoms with Crippen molar-refractivity contribution in [2.75, 3.05) is 33.4 Å². The normalized spacial score (nSPS) is 21.1. The average Bonchev–Trinajstić information content (AvgIpc) is 2.72. The summed E-state index contributed by atoms with van der Waals surface area (Å²) in [6.45, 7) is 4.44. The van der Waals surface area contributed by atoms with Gasteiger partial charge in [0.25, 0.3) is 0 Å². The van der Waals surface area contributed by atoms with Crippen LogP contribution in [-0.4, -0.2) is 61.4 Å². The molecule has 2 atom stereocenters. The zero-order chi connectivity index (χ0) is 14.1. The van der Waals surface area contributed by atoms with E-state index in [9.17, 15) is 9.90 Å². The van der Waals surface area contributed by atoms with Crippen molar-refractivity contribution in [2.24, 2.45) is 0 Å².